The Morgan fingerprint density at radius 3 is 2.13 bits per heavy atom. The molecule has 6 N–H and O–H groups in total. The monoisotopic (exact) mass is 427 g/mol. The second-order valence-electron chi connectivity index (χ2n) is 6.29. The van der Waals surface area contributed by atoms with E-state index < -0.39 is 48.2 Å². The van der Waals surface area contributed by atoms with E-state index in [-0.39, 0.29) is 32.4 Å². The first-order valence-electron chi connectivity index (χ1n) is 9.48. The number of primary amides is 1. The van der Waals surface area contributed by atoms with Crippen LogP contribution in [0.2, 0.25) is 0 Å². The third kappa shape index (κ3) is 11.4. The Morgan fingerprint density at radius 2 is 1.63 bits per heavy atom. The lowest BCUT2D eigenvalue weighted by Crippen LogP contribution is -2.46. The molecule has 0 bridgehead atoms. The van der Waals surface area contributed by atoms with Crippen molar-refractivity contribution in [1.29, 1.82) is 0 Å². The molecule has 12 nitrogen and oxygen atoms in total. The topological polar surface area (TPSA) is 188 Å². The zero-order chi connectivity index (χ0) is 23.1. The molecule has 12 heteroatoms. The van der Waals surface area contributed by atoms with E-state index in [1.807, 2.05) is 0 Å². The molecule has 0 aromatic heterocycles. The first kappa shape index (κ1) is 26.6. The third-order valence-corrected chi connectivity index (χ3v) is 3.51. The Bertz CT molecular complexity index is 660. The number of rotatable bonds is 11. The molecule has 1 aliphatic rings. The Hall–Kier alpha value is -3.44. The van der Waals surface area contributed by atoms with Gasteiger partial charge >= 0.3 is 12.0 Å². The lowest BCUT2D eigenvalue weighted by atomic mass is 10.1. The van der Waals surface area contributed by atoms with Crippen molar-refractivity contribution in [2.45, 2.75) is 45.6 Å². The van der Waals surface area contributed by atoms with Gasteiger partial charge in [0.1, 0.15) is 6.04 Å². The zero-order valence-electron chi connectivity index (χ0n) is 17.1. The summed E-state index contributed by atoms with van der Waals surface area (Å²) in [7, 11) is 0. The van der Waals surface area contributed by atoms with Gasteiger partial charge in [-0.15, -0.1) is 0 Å². The van der Waals surface area contributed by atoms with Crippen LogP contribution in [0, 0.1) is 0 Å². The number of nitrogens with two attached hydrogens (primary N) is 1. The summed E-state index contributed by atoms with van der Waals surface area (Å²) in [5.74, 6) is -3.57. The number of hydrogen-bond donors (Lipinski definition) is 5. The summed E-state index contributed by atoms with van der Waals surface area (Å²) in [4.78, 5) is 68.6. The number of nitrogens with one attached hydrogen (secondary N) is 3. The Labute approximate surface area is 174 Å². The largest absolute Gasteiger partial charge is 0.480 e. The van der Waals surface area contributed by atoms with Gasteiger partial charge < -0.3 is 26.8 Å². The van der Waals surface area contributed by atoms with E-state index in [0.29, 0.717) is 0 Å². The van der Waals surface area contributed by atoms with Gasteiger partial charge in [-0.1, -0.05) is 20.3 Å². The van der Waals surface area contributed by atoms with Gasteiger partial charge in [-0.3, -0.25) is 24.1 Å². The first-order chi connectivity index (χ1) is 14.1. The normalized spacial score (nSPS) is 13.2. The van der Waals surface area contributed by atoms with Crippen LogP contribution in [0.5, 0.6) is 0 Å². The van der Waals surface area contributed by atoms with Gasteiger partial charge in [0.05, 0.1) is 6.54 Å². The van der Waals surface area contributed by atoms with Crippen molar-refractivity contribution in [1.82, 2.24) is 20.9 Å². The van der Waals surface area contributed by atoms with Gasteiger partial charge in [-0.25, -0.2) is 9.59 Å². The number of aliphatic carboxylic acids is 1. The molecule has 6 amide bonds. The number of amides is 6. The molecular formula is C18H29N5O7. The number of carbonyl (C=O) groups is 6. The average molecular weight is 427 g/mol. The van der Waals surface area contributed by atoms with E-state index in [0.717, 1.165) is 17.1 Å². The maximum Gasteiger partial charge on any atom is 0.326 e. The quantitative estimate of drug-likeness (QED) is 0.203. The molecule has 1 atom stereocenters. The van der Waals surface area contributed by atoms with Crippen LogP contribution in [0.1, 0.15) is 39.5 Å². The second kappa shape index (κ2) is 14.5. The summed E-state index contributed by atoms with van der Waals surface area (Å²) in [6.07, 6.45) is 3.59. The zero-order valence-corrected chi connectivity index (χ0v) is 17.1. The third-order valence-electron chi connectivity index (χ3n) is 3.51. The summed E-state index contributed by atoms with van der Waals surface area (Å²) < 4.78 is 0. The van der Waals surface area contributed by atoms with E-state index >= 15 is 0 Å². The van der Waals surface area contributed by atoms with Crippen LogP contribution in [0.25, 0.3) is 0 Å². The second-order valence-corrected chi connectivity index (χ2v) is 6.29. The molecule has 0 radical (unpaired) electrons. The lowest BCUT2D eigenvalue weighted by molar-refractivity contribution is -0.142. The number of urea groups is 1. The Morgan fingerprint density at radius 1 is 1.07 bits per heavy atom. The fraction of sp³-hybridized carbons (Fsp3) is 0.556. The van der Waals surface area contributed by atoms with E-state index in [4.69, 9.17) is 10.8 Å². The maximum atomic E-state index is 11.8. The summed E-state index contributed by atoms with van der Waals surface area (Å²) in [6, 6.07) is -1.92. The van der Waals surface area contributed by atoms with Gasteiger partial charge in [0, 0.05) is 31.7 Å². The molecule has 30 heavy (non-hydrogen) atoms. The van der Waals surface area contributed by atoms with Crippen molar-refractivity contribution in [3.63, 3.8) is 0 Å². The van der Waals surface area contributed by atoms with Crippen LogP contribution in [0.3, 0.4) is 0 Å². The molecule has 0 aromatic carbocycles. The minimum absolute atomic E-state index is 0.0570. The van der Waals surface area contributed by atoms with E-state index in [1.165, 1.54) is 6.42 Å². The molecule has 0 aromatic rings. The number of imide groups is 1. The van der Waals surface area contributed by atoms with Crippen molar-refractivity contribution >= 4 is 35.6 Å². The molecule has 0 spiro atoms. The Balaban J connectivity index is 0.00000263. The maximum absolute atomic E-state index is 11.8. The molecular weight excluding hydrogens is 398 g/mol. The molecule has 0 aliphatic carbocycles. The SMILES string of the molecule is CCC.NC(=O)NCCCC(NC(=O)CNC(=O)CCN1C(=O)C=CC1=O)C(=O)O. The van der Waals surface area contributed by atoms with Gasteiger partial charge in [-0.05, 0) is 12.8 Å². The van der Waals surface area contributed by atoms with Crippen LogP contribution in [-0.2, 0) is 24.0 Å². The first-order valence-corrected chi connectivity index (χ1v) is 9.48. The van der Waals surface area contributed by atoms with Crippen LogP contribution >= 0.6 is 0 Å². The van der Waals surface area contributed by atoms with Gasteiger partial charge in [-0.2, -0.15) is 0 Å². The van der Waals surface area contributed by atoms with Crippen molar-refractivity contribution in [2.24, 2.45) is 5.73 Å². The minimum atomic E-state index is -1.26. The van der Waals surface area contributed by atoms with Crippen LogP contribution in [0.4, 0.5) is 4.79 Å². The van der Waals surface area contributed by atoms with Crippen LogP contribution in [0.15, 0.2) is 12.2 Å². The lowest BCUT2D eigenvalue weighted by Gasteiger charge is -2.15. The van der Waals surface area contributed by atoms with Crippen molar-refractivity contribution < 1.29 is 33.9 Å². The molecule has 1 heterocycles. The van der Waals surface area contributed by atoms with Gasteiger partial charge in [0.2, 0.25) is 11.8 Å². The fourth-order valence-corrected chi connectivity index (χ4v) is 2.15. The van der Waals surface area contributed by atoms with Crippen molar-refractivity contribution in [3.05, 3.63) is 12.2 Å². The summed E-state index contributed by atoms with van der Waals surface area (Å²) in [5, 5.41) is 15.9. The van der Waals surface area contributed by atoms with E-state index in [2.05, 4.69) is 29.8 Å². The fourth-order valence-electron chi connectivity index (χ4n) is 2.15. The smallest absolute Gasteiger partial charge is 0.326 e. The average Bonchev–Trinajstić information content (AvgIpc) is 2.98. The van der Waals surface area contributed by atoms with Crippen LogP contribution in [-0.4, -0.2) is 71.3 Å². The molecule has 0 fully saturated rings. The number of nitrogens with zero attached hydrogens (tertiary/aromatic N) is 1. The molecule has 1 aliphatic heterocycles. The van der Waals surface area contributed by atoms with Crippen LogP contribution < -0.4 is 21.7 Å². The highest BCUT2D eigenvalue weighted by molar-refractivity contribution is 6.13. The summed E-state index contributed by atoms with van der Waals surface area (Å²) in [6.45, 7) is 3.83. The highest BCUT2D eigenvalue weighted by Gasteiger charge is 2.24. The Kier molecular flexibility index (Phi) is 12.9. The van der Waals surface area contributed by atoms with Gasteiger partial charge in [0.25, 0.3) is 11.8 Å². The predicted molar refractivity (Wildman–Crippen MR) is 106 cm³/mol. The number of carboxylic acid groups (broad SMARTS) is 1. The van der Waals surface area contributed by atoms with Crippen molar-refractivity contribution in [3.8, 4) is 0 Å². The molecule has 1 rings (SSSR count). The van der Waals surface area contributed by atoms with E-state index in [1.54, 1.807) is 0 Å². The highest BCUT2D eigenvalue weighted by Crippen LogP contribution is 2.04. The number of hydrogen-bond acceptors (Lipinski definition) is 6. The molecule has 168 valence electrons. The van der Waals surface area contributed by atoms with E-state index in [9.17, 15) is 28.8 Å². The summed E-state index contributed by atoms with van der Waals surface area (Å²) in [5.41, 5.74) is 4.88. The summed E-state index contributed by atoms with van der Waals surface area (Å²) >= 11 is 0. The number of carboxylic acids is 1. The minimum Gasteiger partial charge on any atom is -0.480 e. The molecule has 1 unspecified atom stereocenters. The molecule has 0 saturated carbocycles. The molecule has 0 saturated heterocycles. The standard InChI is InChI=1S/C15H21N5O7.C3H8/c16-15(27)17-6-1-2-9(14(25)26)19-11(22)8-18-10(21)5-7-20-12(23)3-4-13(20)24;1-3-2/h3-4,9H,1-2,5-8H2,(H,18,21)(H,19,22)(H,25,26)(H3,16,17,27);3H2,1-2H3. The predicted octanol–water partition coefficient (Wildman–Crippen LogP) is -1.15. The number of carbonyl (C=O) groups excluding carboxylic acids is 5. The highest BCUT2D eigenvalue weighted by atomic mass is 16.4. The van der Waals surface area contributed by atoms with Crippen molar-refractivity contribution in [2.75, 3.05) is 19.6 Å². The van der Waals surface area contributed by atoms with Gasteiger partial charge in [0.15, 0.2) is 0 Å².